The molecule has 0 fully saturated rings. The van der Waals surface area contributed by atoms with Crippen molar-refractivity contribution < 1.29 is 0 Å². The Balaban J connectivity index is 1.45. The summed E-state index contributed by atoms with van der Waals surface area (Å²) in [6.45, 7) is 0. The van der Waals surface area contributed by atoms with Gasteiger partial charge >= 0.3 is 0 Å². The molecule has 6 rings (SSSR count). The van der Waals surface area contributed by atoms with Crippen molar-refractivity contribution in [1.82, 2.24) is 4.57 Å². The van der Waals surface area contributed by atoms with Crippen LogP contribution in [0.4, 0.5) is 0 Å². The van der Waals surface area contributed by atoms with Crippen LogP contribution in [0.5, 0.6) is 0 Å². The van der Waals surface area contributed by atoms with Crippen molar-refractivity contribution >= 4 is 21.8 Å². The van der Waals surface area contributed by atoms with Crippen LogP contribution in [-0.2, 0) is 0 Å². The molecule has 162 valence electrons. The Labute approximate surface area is 203 Å². The number of aromatic nitrogens is 1. The molecule has 5 aromatic carbocycles. The number of para-hydroxylation sites is 2. The van der Waals surface area contributed by atoms with E-state index in [0.29, 0.717) is 16.7 Å². The van der Waals surface area contributed by atoms with Crippen LogP contribution in [0.15, 0.2) is 115 Å². The highest BCUT2D eigenvalue weighted by atomic mass is 15.0. The lowest BCUT2D eigenvalue weighted by Crippen LogP contribution is -1.93. The molecule has 0 saturated carbocycles. The Hall–Kier alpha value is -5.12. The summed E-state index contributed by atoms with van der Waals surface area (Å²) in [5.74, 6) is 0. The van der Waals surface area contributed by atoms with Gasteiger partial charge in [0.15, 0.2) is 0 Å². The number of rotatable bonds is 3. The molecule has 0 saturated heterocycles. The van der Waals surface area contributed by atoms with E-state index >= 15 is 0 Å². The summed E-state index contributed by atoms with van der Waals surface area (Å²) in [6, 6.07) is 43.2. The van der Waals surface area contributed by atoms with Gasteiger partial charge in [0.1, 0.15) is 0 Å². The lowest BCUT2D eigenvalue weighted by atomic mass is 9.93. The van der Waals surface area contributed by atoms with E-state index in [0.717, 1.165) is 22.4 Å². The van der Waals surface area contributed by atoms with Gasteiger partial charge in [-0.2, -0.15) is 10.5 Å². The minimum Gasteiger partial charge on any atom is -0.309 e. The molecule has 0 atom stereocenters. The van der Waals surface area contributed by atoms with Crippen molar-refractivity contribution in [2.45, 2.75) is 0 Å². The van der Waals surface area contributed by atoms with Crippen molar-refractivity contribution in [1.29, 1.82) is 10.5 Å². The summed E-state index contributed by atoms with van der Waals surface area (Å²) < 4.78 is 2.30. The quantitative estimate of drug-likeness (QED) is 0.278. The standard InChI is InChI=1S/C32H19N3/c33-20-25-9-6-10-26(21-34)32(25)24-8-5-7-23(19-24)22-15-17-27(18-16-22)35-30-13-3-1-11-28(30)29-12-2-4-14-31(29)35/h1-19H. The molecular weight excluding hydrogens is 426 g/mol. The summed E-state index contributed by atoms with van der Waals surface area (Å²) in [6.07, 6.45) is 0. The van der Waals surface area contributed by atoms with Gasteiger partial charge in [-0.05, 0) is 59.2 Å². The molecule has 3 heteroatoms. The number of hydrogen-bond donors (Lipinski definition) is 0. The maximum Gasteiger partial charge on any atom is 0.0998 e. The molecular formula is C32H19N3. The third kappa shape index (κ3) is 3.35. The molecule has 0 radical (unpaired) electrons. The Morgan fingerprint density at radius 2 is 1.03 bits per heavy atom. The summed E-state index contributed by atoms with van der Waals surface area (Å²) in [4.78, 5) is 0. The lowest BCUT2D eigenvalue weighted by Gasteiger charge is -2.11. The first-order chi connectivity index (χ1) is 17.3. The van der Waals surface area contributed by atoms with E-state index in [4.69, 9.17) is 0 Å². The van der Waals surface area contributed by atoms with E-state index in [2.05, 4.69) is 95.6 Å². The van der Waals surface area contributed by atoms with E-state index in [1.807, 2.05) is 18.2 Å². The fourth-order valence-electron chi connectivity index (χ4n) is 4.91. The van der Waals surface area contributed by atoms with Crippen LogP contribution in [0.2, 0.25) is 0 Å². The predicted molar refractivity (Wildman–Crippen MR) is 141 cm³/mol. The number of hydrogen-bond acceptors (Lipinski definition) is 2. The first-order valence-electron chi connectivity index (χ1n) is 11.4. The Morgan fingerprint density at radius 3 is 1.63 bits per heavy atom. The molecule has 0 aliphatic heterocycles. The highest BCUT2D eigenvalue weighted by molar-refractivity contribution is 6.09. The first kappa shape index (κ1) is 20.5. The average Bonchev–Trinajstić information content (AvgIpc) is 3.27. The van der Waals surface area contributed by atoms with E-state index in [-0.39, 0.29) is 0 Å². The zero-order valence-corrected chi connectivity index (χ0v) is 18.8. The molecule has 0 amide bonds. The fourth-order valence-corrected chi connectivity index (χ4v) is 4.91. The van der Waals surface area contributed by atoms with Crippen molar-refractivity contribution in [3.05, 3.63) is 126 Å². The van der Waals surface area contributed by atoms with E-state index < -0.39 is 0 Å². The smallest absolute Gasteiger partial charge is 0.0998 e. The minimum absolute atomic E-state index is 0.503. The normalized spacial score (nSPS) is 10.8. The van der Waals surface area contributed by atoms with Gasteiger partial charge in [-0.3, -0.25) is 0 Å². The van der Waals surface area contributed by atoms with Crippen LogP contribution in [0.25, 0.3) is 49.7 Å². The van der Waals surface area contributed by atoms with Crippen LogP contribution in [0.1, 0.15) is 11.1 Å². The van der Waals surface area contributed by atoms with Gasteiger partial charge in [-0.1, -0.05) is 72.8 Å². The third-order valence-corrected chi connectivity index (χ3v) is 6.50. The third-order valence-electron chi connectivity index (χ3n) is 6.50. The maximum atomic E-state index is 9.60. The largest absolute Gasteiger partial charge is 0.309 e. The van der Waals surface area contributed by atoms with Gasteiger partial charge in [0.25, 0.3) is 0 Å². The lowest BCUT2D eigenvalue weighted by molar-refractivity contribution is 1.18. The van der Waals surface area contributed by atoms with Crippen molar-refractivity contribution in [3.63, 3.8) is 0 Å². The van der Waals surface area contributed by atoms with Gasteiger partial charge in [-0.15, -0.1) is 0 Å². The van der Waals surface area contributed by atoms with Crippen LogP contribution in [-0.4, -0.2) is 4.57 Å². The molecule has 0 aliphatic rings. The average molecular weight is 446 g/mol. The SMILES string of the molecule is N#Cc1cccc(C#N)c1-c1cccc(-c2ccc(-n3c4ccccc4c4ccccc43)cc2)c1. The zero-order chi connectivity index (χ0) is 23.8. The molecule has 3 nitrogen and oxygen atoms in total. The Bertz CT molecular complexity index is 1720. The molecule has 0 bridgehead atoms. The highest BCUT2D eigenvalue weighted by Gasteiger charge is 2.13. The van der Waals surface area contributed by atoms with Crippen LogP contribution in [0.3, 0.4) is 0 Å². The molecule has 1 aromatic heterocycles. The summed E-state index contributed by atoms with van der Waals surface area (Å²) >= 11 is 0. The first-order valence-corrected chi connectivity index (χ1v) is 11.4. The van der Waals surface area contributed by atoms with Crippen LogP contribution < -0.4 is 0 Å². The van der Waals surface area contributed by atoms with Gasteiger partial charge in [0.05, 0.1) is 34.3 Å². The fraction of sp³-hybridized carbons (Fsp3) is 0. The van der Waals surface area contributed by atoms with Gasteiger partial charge < -0.3 is 4.57 Å². The monoisotopic (exact) mass is 445 g/mol. The molecule has 6 aromatic rings. The molecule has 0 aliphatic carbocycles. The highest BCUT2D eigenvalue weighted by Crippen LogP contribution is 2.34. The number of fused-ring (bicyclic) bond motifs is 3. The maximum absolute atomic E-state index is 9.60. The van der Waals surface area contributed by atoms with Crippen LogP contribution in [0, 0.1) is 22.7 Å². The minimum atomic E-state index is 0.503. The second kappa shape index (κ2) is 8.34. The van der Waals surface area contributed by atoms with Gasteiger partial charge in [0.2, 0.25) is 0 Å². The summed E-state index contributed by atoms with van der Waals surface area (Å²) in [5, 5.41) is 21.7. The zero-order valence-electron chi connectivity index (χ0n) is 18.8. The van der Waals surface area contributed by atoms with Gasteiger partial charge in [-0.25, -0.2) is 0 Å². The molecule has 1 heterocycles. The van der Waals surface area contributed by atoms with Crippen molar-refractivity contribution in [2.24, 2.45) is 0 Å². The topological polar surface area (TPSA) is 52.5 Å². The van der Waals surface area contributed by atoms with Crippen LogP contribution >= 0.6 is 0 Å². The molecule has 35 heavy (non-hydrogen) atoms. The van der Waals surface area contributed by atoms with Crippen molar-refractivity contribution in [2.75, 3.05) is 0 Å². The predicted octanol–water partition coefficient (Wildman–Crippen LogP) is 7.86. The molecule has 0 N–H and O–H groups in total. The second-order valence-electron chi connectivity index (χ2n) is 8.45. The Morgan fingerprint density at radius 1 is 0.486 bits per heavy atom. The van der Waals surface area contributed by atoms with Gasteiger partial charge in [0, 0.05) is 22.0 Å². The summed E-state index contributed by atoms with van der Waals surface area (Å²) in [7, 11) is 0. The van der Waals surface area contributed by atoms with E-state index in [1.54, 1.807) is 18.2 Å². The summed E-state index contributed by atoms with van der Waals surface area (Å²) in [5.41, 5.74) is 8.12. The van der Waals surface area contributed by atoms with Crippen molar-refractivity contribution in [3.8, 4) is 40.1 Å². The molecule has 0 unspecified atom stereocenters. The number of nitrogens with zero attached hydrogens (tertiary/aromatic N) is 3. The molecule has 0 spiro atoms. The Kier molecular flexibility index (Phi) is 4.88. The van der Waals surface area contributed by atoms with E-state index in [9.17, 15) is 10.5 Å². The van der Waals surface area contributed by atoms with E-state index in [1.165, 1.54) is 21.8 Å². The number of nitriles is 2. The second-order valence-corrected chi connectivity index (χ2v) is 8.45. The number of benzene rings is 5.